The van der Waals surface area contributed by atoms with Crippen LogP contribution in [-0.2, 0) is 6.54 Å². The molecule has 0 amide bonds. The third-order valence-electron chi connectivity index (χ3n) is 3.56. The predicted molar refractivity (Wildman–Crippen MR) is 81.9 cm³/mol. The van der Waals surface area contributed by atoms with Gasteiger partial charge in [-0.2, -0.15) is 0 Å². The van der Waals surface area contributed by atoms with Crippen LogP contribution in [0.1, 0.15) is 45.9 Å². The molecule has 0 bridgehead atoms. The summed E-state index contributed by atoms with van der Waals surface area (Å²) in [5.74, 6) is 0.728. The molecule has 20 heavy (non-hydrogen) atoms. The number of aliphatic hydroxyl groups excluding tert-OH is 1. The van der Waals surface area contributed by atoms with Gasteiger partial charge in [-0.3, -0.25) is 0 Å². The molecule has 106 valence electrons. The zero-order valence-electron chi connectivity index (χ0n) is 11.7. The van der Waals surface area contributed by atoms with Gasteiger partial charge in [-0.1, -0.05) is 29.8 Å². The highest BCUT2D eigenvalue weighted by Gasteiger charge is 2.26. The van der Waals surface area contributed by atoms with Crippen LogP contribution in [0.25, 0.3) is 0 Å². The lowest BCUT2D eigenvalue weighted by Gasteiger charge is -2.12. The standard InChI is InChI=1S/C16H20N2OS/c1-11-3-2-4-13(7-11)15(19)10-17-8-14-9-18-16(20-14)12-5-6-12/h2-4,7,9,12,15,17,19H,5-6,8,10H2,1H3. The summed E-state index contributed by atoms with van der Waals surface area (Å²) in [5.41, 5.74) is 2.15. The normalized spacial score (nSPS) is 16.3. The van der Waals surface area contributed by atoms with Gasteiger partial charge in [-0.25, -0.2) is 4.98 Å². The van der Waals surface area contributed by atoms with Crippen LogP contribution in [0.15, 0.2) is 30.5 Å². The average Bonchev–Trinajstić information content (AvgIpc) is 3.19. The van der Waals surface area contributed by atoms with Crippen LogP contribution in [0.2, 0.25) is 0 Å². The maximum absolute atomic E-state index is 10.2. The molecule has 1 fully saturated rings. The SMILES string of the molecule is Cc1cccc(C(O)CNCc2cnc(C3CC3)s2)c1. The van der Waals surface area contributed by atoms with Gasteiger partial charge in [-0.15, -0.1) is 11.3 Å². The number of nitrogens with zero attached hydrogens (tertiary/aromatic N) is 1. The van der Waals surface area contributed by atoms with Crippen molar-refractivity contribution in [2.45, 2.75) is 38.3 Å². The Kier molecular flexibility index (Phi) is 4.15. The van der Waals surface area contributed by atoms with Crippen molar-refractivity contribution in [3.8, 4) is 0 Å². The van der Waals surface area contributed by atoms with E-state index < -0.39 is 6.10 Å². The van der Waals surface area contributed by atoms with Crippen molar-refractivity contribution in [2.24, 2.45) is 0 Å². The molecular weight excluding hydrogens is 268 g/mol. The molecular formula is C16H20N2OS. The van der Waals surface area contributed by atoms with Gasteiger partial charge in [0.15, 0.2) is 0 Å². The van der Waals surface area contributed by atoms with Crippen molar-refractivity contribution < 1.29 is 5.11 Å². The van der Waals surface area contributed by atoms with Crippen molar-refractivity contribution in [2.75, 3.05) is 6.54 Å². The molecule has 1 unspecified atom stereocenters. The van der Waals surface area contributed by atoms with Gasteiger partial charge in [-0.05, 0) is 25.3 Å². The van der Waals surface area contributed by atoms with E-state index >= 15 is 0 Å². The molecule has 0 saturated heterocycles. The van der Waals surface area contributed by atoms with Crippen LogP contribution < -0.4 is 5.32 Å². The fourth-order valence-corrected chi connectivity index (χ4v) is 3.31. The molecule has 1 aromatic heterocycles. The van der Waals surface area contributed by atoms with Gasteiger partial charge in [0.05, 0.1) is 11.1 Å². The maximum Gasteiger partial charge on any atom is 0.0959 e. The van der Waals surface area contributed by atoms with Crippen LogP contribution in [0.3, 0.4) is 0 Å². The highest BCUT2D eigenvalue weighted by Crippen LogP contribution is 2.41. The van der Waals surface area contributed by atoms with E-state index in [4.69, 9.17) is 0 Å². The van der Waals surface area contributed by atoms with Crippen LogP contribution >= 0.6 is 11.3 Å². The molecule has 3 rings (SSSR count). The van der Waals surface area contributed by atoms with Gasteiger partial charge >= 0.3 is 0 Å². The van der Waals surface area contributed by atoms with Crippen molar-refractivity contribution in [3.05, 3.63) is 51.5 Å². The minimum Gasteiger partial charge on any atom is -0.387 e. The average molecular weight is 288 g/mol. The summed E-state index contributed by atoms with van der Waals surface area (Å²) in [6, 6.07) is 8.03. The summed E-state index contributed by atoms with van der Waals surface area (Å²) >= 11 is 1.80. The number of aromatic nitrogens is 1. The van der Waals surface area contributed by atoms with E-state index in [0.717, 1.165) is 18.0 Å². The molecule has 2 N–H and O–H groups in total. The summed E-state index contributed by atoms with van der Waals surface area (Å²) in [6.07, 6.45) is 4.11. The van der Waals surface area contributed by atoms with Crippen LogP contribution in [0.4, 0.5) is 0 Å². The number of aryl methyl sites for hydroxylation is 1. The monoisotopic (exact) mass is 288 g/mol. The molecule has 1 aromatic carbocycles. The van der Waals surface area contributed by atoms with Gasteiger partial charge < -0.3 is 10.4 Å². The Morgan fingerprint density at radius 3 is 3.05 bits per heavy atom. The van der Waals surface area contributed by atoms with E-state index in [1.165, 1.54) is 28.3 Å². The summed E-state index contributed by atoms with van der Waals surface area (Å²) in [7, 11) is 0. The Bertz CT molecular complexity index is 577. The highest BCUT2D eigenvalue weighted by atomic mass is 32.1. The first-order chi connectivity index (χ1) is 9.72. The summed E-state index contributed by atoms with van der Waals surface area (Å²) in [6.45, 7) is 3.40. The minimum atomic E-state index is -0.453. The van der Waals surface area contributed by atoms with Crippen molar-refractivity contribution in [3.63, 3.8) is 0 Å². The van der Waals surface area contributed by atoms with Crippen molar-refractivity contribution in [1.82, 2.24) is 10.3 Å². The minimum absolute atomic E-state index is 0.453. The topological polar surface area (TPSA) is 45.1 Å². The number of rotatable bonds is 6. The van der Waals surface area contributed by atoms with E-state index in [0.29, 0.717) is 6.54 Å². The molecule has 1 saturated carbocycles. The molecule has 1 heterocycles. The zero-order chi connectivity index (χ0) is 13.9. The van der Waals surface area contributed by atoms with Crippen LogP contribution in [-0.4, -0.2) is 16.6 Å². The highest BCUT2D eigenvalue weighted by molar-refractivity contribution is 7.11. The predicted octanol–water partition coefficient (Wildman–Crippen LogP) is 3.15. The van der Waals surface area contributed by atoms with E-state index in [1.54, 1.807) is 11.3 Å². The van der Waals surface area contributed by atoms with E-state index in [2.05, 4.69) is 10.3 Å². The van der Waals surface area contributed by atoms with E-state index in [9.17, 15) is 5.11 Å². The Hall–Kier alpha value is -1.23. The third kappa shape index (κ3) is 3.45. The Morgan fingerprint density at radius 1 is 1.45 bits per heavy atom. The van der Waals surface area contributed by atoms with Crippen molar-refractivity contribution >= 4 is 11.3 Å². The Balaban J connectivity index is 1.48. The summed E-state index contributed by atoms with van der Waals surface area (Å²) < 4.78 is 0. The molecule has 4 heteroatoms. The first kappa shape index (κ1) is 13.7. The second kappa shape index (κ2) is 6.04. The third-order valence-corrected chi connectivity index (χ3v) is 4.72. The lowest BCUT2D eigenvalue weighted by atomic mass is 10.1. The second-order valence-corrected chi connectivity index (χ2v) is 6.65. The lowest BCUT2D eigenvalue weighted by molar-refractivity contribution is 0.174. The van der Waals surface area contributed by atoms with E-state index in [1.807, 2.05) is 37.4 Å². The van der Waals surface area contributed by atoms with Gasteiger partial charge in [0.25, 0.3) is 0 Å². The molecule has 1 atom stereocenters. The van der Waals surface area contributed by atoms with Gasteiger partial charge in [0.2, 0.25) is 0 Å². The number of nitrogens with one attached hydrogen (secondary N) is 1. The molecule has 1 aliphatic carbocycles. The molecule has 2 aromatic rings. The quantitative estimate of drug-likeness (QED) is 0.858. The second-order valence-electron chi connectivity index (χ2n) is 5.50. The molecule has 1 aliphatic rings. The Morgan fingerprint density at radius 2 is 2.30 bits per heavy atom. The fraction of sp³-hybridized carbons (Fsp3) is 0.438. The molecule has 3 nitrogen and oxygen atoms in total. The van der Waals surface area contributed by atoms with E-state index in [-0.39, 0.29) is 0 Å². The fourth-order valence-electron chi connectivity index (χ4n) is 2.25. The zero-order valence-corrected chi connectivity index (χ0v) is 12.5. The summed E-state index contributed by atoms with van der Waals surface area (Å²) in [5, 5.41) is 14.7. The first-order valence-corrected chi connectivity index (χ1v) is 7.94. The van der Waals surface area contributed by atoms with Crippen LogP contribution in [0, 0.1) is 6.92 Å². The van der Waals surface area contributed by atoms with Gasteiger partial charge in [0.1, 0.15) is 0 Å². The lowest BCUT2D eigenvalue weighted by Crippen LogP contribution is -2.20. The first-order valence-electron chi connectivity index (χ1n) is 7.12. The number of benzene rings is 1. The van der Waals surface area contributed by atoms with Crippen LogP contribution in [0.5, 0.6) is 0 Å². The number of hydrogen-bond acceptors (Lipinski definition) is 4. The summed E-state index contributed by atoms with van der Waals surface area (Å²) in [4.78, 5) is 5.71. The van der Waals surface area contributed by atoms with Gasteiger partial charge in [0, 0.05) is 30.1 Å². The number of hydrogen-bond donors (Lipinski definition) is 2. The molecule has 0 spiro atoms. The smallest absolute Gasteiger partial charge is 0.0959 e. The molecule has 0 aliphatic heterocycles. The maximum atomic E-state index is 10.2. The molecule has 0 radical (unpaired) electrons. The number of aliphatic hydroxyl groups is 1. The van der Waals surface area contributed by atoms with Crippen molar-refractivity contribution in [1.29, 1.82) is 0 Å². The Labute approximate surface area is 123 Å². The largest absolute Gasteiger partial charge is 0.387 e. The number of thiazole rings is 1.